The van der Waals surface area contributed by atoms with Gasteiger partial charge in [0.25, 0.3) is 0 Å². The highest BCUT2D eigenvalue weighted by Gasteiger charge is 2.28. The van der Waals surface area contributed by atoms with E-state index in [1.807, 2.05) is 0 Å². The van der Waals surface area contributed by atoms with Crippen LogP contribution in [0.1, 0.15) is 45.4 Å². The van der Waals surface area contributed by atoms with Gasteiger partial charge in [-0.2, -0.15) is 0 Å². The van der Waals surface area contributed by atoms with Gasteiger partial charge in [-0.1, -0.05) is 26.2 Å². The maximum atomic E-state index is 12.1. The fourth-order valence-corrected chi connectivity index (χ4v) is 3.06. The summed E-state index contributed by atoms with van der Waals surface area (Å²) in [5.41, 5.74) is 0. The van der Waals surface area contributed by atoms with Crippen LogP contribution in [0.2, 0.25) is 0 Å². The smallest absolute Gasteiger partial charge is 0.324 e. The van der Waals surface area contributed by atoms with Crippen molar-refractivity contribution in [3.05, 3.63) is 0 Å². The van der Waals surface area contributed by atoms with Crippen LogP contribution < -0.4 is 10.6 Å². The monoisotopic (exact) mass is 281 g/mol. The van der Waals surface area contributed by atoms with Crippen LogP contribution in [0.15, 0.2) is 0 Å². The van der Waals surface area contributed by atoms with E-state index in [2.05, 4.69) is 17.6 Å². The summed E-state index contributed by atoms with van der Waals surface area (Å²) in [5, 5.41) is 5.28. The van der Waals surface area contributed by atoms with Crippen LogP contribution in [0.5, 0.6) is 0 Å². The molecule has 2 aliphatic rings. The number of nitrogens with zero attached hydrogens (tertiary/aromatic N) is 1. The van der Waals surface area contributed by atoms with E-state index in [0.29, 0.717) is 12.5 Å². The molecular formula is C14H23N3O3. The number of nitrogens with one attached hydrogen (secondary N) is 2. The number of amides is 4. The highest BCUT2D eigenvalue weighted by atomic mass is 16.2. The number of hydrogen-bond donors (Lipinski definition) is 2. The summed E-state index contributed by atoms with van der Waals surface area (Å²) >= 11 is 0. The zero-order valence-electron chi connectivity index (χ0n) is 12.0. The highest BCUT2D eigenvalue weighted by Crippen LogP contribution is 2.26. The molecule has 1 aliphatic heterocycles. The third-order valence-corrected chi connectivity index (χ3v) is 4.26. The van der Waals surface area contributed by atoms with Crippen molar-refractivity contribution in [2.75, 3.05) is 13.1 Å². The van der Waals surface area contributed by atoms with Gasteiger partial charge in [-0.3, -0.25) is 14.9 Å². The molecule has 2 atom stereocenters. The van der Waals surface area contributed by atoms with Gasteiger partial charge in [-0.15, -0.1) is 0 Å². The average molecular weight is 281 g/mol. The van der Waals surface area contributed by atoms with Crippen LogP contribution in [-0.4, -0.2) is 41.9 Å². The van der Waals surface area contributed by atoms with Gasteiger partial charge in [0.1, 0.15) is 6.54 Å². The van der Waals surface area contributed by atoms with Crippen LogP contribution in [0.4, 0.5) is 4.79 Å². The second-order valence-electron chi connectivity index (χ2n) is 5.65. The molecule has 0 radical (unpaired) electrons. The van der Waals surface area contributed by atoms with E-state index in [4.69, 9.17) is 0 Å². The Hall–Kier alpha value is -1.59. The lowest BCUT2D eigenvalue weighted by Crippen LogP contribution is -2.53. The molecule has 6 nitrogen and oxygen atoms in total. The molecule has 0 bridgehead atoms. The van der Waals surface area contributed by atoms with Crippen molar-refractivity contribution in [1.29, 1.82) is 0 Å². The third-order valence-electron chi connectivity index (χ3n) is 4.26. The minimum atomic E-state index is -0.466. The molecule has 1 heterocycles. The Morgan fingerprint density at radius 1 is 1.35 bits per heavy atom. The molecule has 1 saturated heterocycles. The normalized spacial score (nSPS) is 27.1. The van der Waals surface area contributed by atoms with E-state index in [1.165, 1.54) is 17.7 Å². The number of carbonyl (C=O) groups is 3. The van der Waals surface area contributed by atoms with Crippen LogP contribution in [0.25, 0.3) is 0 Å². The fourth-order valence-electron chi connectivity index (χ4n) is 3.06. The van der Waals surface area contributed by atoms with Gasteiger partial charge >= 0.3 is 6.03 Å². The molecule has 112 valence electrons. The van der Waals surface area contributed by atoms with Gasteiger partial charge in [-0.05, 0) is 18.8 Å². The van der Waals surface area contributed by atoms with Crippen LogP contribution in [0.3, 0.4) is 0 Å². The second kappa shape index (κ2) is 6.72. The molecule has 1 saturated carbocycles. The molecule has 0 aromatic rings. The van der Waals surface area contributed by atoms with Crippen molar-refractivity contribution >= 4 is 17.8 Å². The Labute approximate surface area is 119 Å². The van der Waals surface area contributed by atoms with E-state index >= 15 is 0 Å². The Balaban J connectivity index is 1.82. The zero-order valence-corrected chi connectivity index (χ0v) is 12.0. The largest absolute Gasteiger partial charge is 0.352 e. The molecule has 6 heteroatoms. The summed E-state index contributed by atoms with van der Waals surface area (Å²) in [6, 6.07) is -0.234. The molecule has 2 rings (SSSR count). The summed E-state index contributed by atoms with van der Waals surface area (Å²) < 4.78 is 0. The predicted molar refractivity (Wildman–Crippen MR) is 73.9 cm³/mol. The van der Waals surface area contributed by atoms with Crippen molar-refractivity contribution in [3.63, 3.8) is 0 Å². The predicted octanol–water partition coefficient (Wildman–Crippen LogP) is 1.01. The zero-order chi connectivity index (χ0) is 14.5. The second-order valence-corrected chi connectivity index (χ2v) is 5.65. The first-order valence-corrected chi connectivity index (χ1v) is 7.48. The van der Waals surface area contributed by atoms with Gasteiger partial charge in [0.2, 0.25) is 11.8 Å². The number of urea groups is 1. The molecular weight excluding hydrogens is 258 g/mol. The number of imide groups is 1. The standard InChI is InChI=1S/C14H23N3O3/c1-2-10-5-3-4-6-11(10)15-13(19)9-17-8-7-12(18)16-14(17)20/h10-11H,2-9H2,1H3,(H,15,19)(H,16,18,20)/t10-,11-/m1/s1. The first-order valence-electron chi connectivity index (χ1n) is 7.48. The molecule has 2 fully saturated rings. The molecule has 0 aromatic carbocycles. The third kappa shape index (κ3) is 3.71. The van der Waals surface area contributed by atoms with Crippen molar-refractivity contribution in [1.82, 2.24) is 15.5 Å². The number of carbonyl (C=O) groups excluding carboxylic acids is 3. The van der Waals surface area contributed by atoms with Crippen LogP contribution >= 0.6 is 0 Å². The van der Waals surface area contributed by atoms with Gasteiger partial charge in [-0.25, -0.2) is 4.79 Å². The van der Waals surface area contributed by atoms with Crippen molar-refractivity contribution in [2.24, 2.45) is 5.92 Å². The SMILES string of the molecule is CC[C@@H]1CCCC[C@H]1NC(=O)CN1CCC(=O)NC1=O. The van der Waals surface area contributed by atoms with Gasteiger partial charge in [0.15, 0.2) is 0 Å². The Morgan fingerprint density at radius 3 is 2.80 bits per heavy atom. The fraction of sp³-hybridized carbons (Fsp3) is 0.786. The maximum Gasteiger partial charge on any atom is 0.324 e. The lowest BCUT2D eigenvalue weighted by atomic mass is 9.83. The van der Waals surface area contributed by atoms with E-state index in [0.717, 1.165) is 19.3 Å². The molecule has 0 unspecified atom stereocenters. The minimum Gasteiger partial charge on any atom is -0.352 e. The molecule has 0 aromatic heterocycles. The summed E-state index contributed by atoms with van der Waals surface area (Å²) in [5.74, 6) is 0.147. The molecule has 4 amide bonds. The summed E-state index contributed by atoms with van der Waals surface area (Å²) in [6.45, 7) is 2.50. The maximum absolute atomic E-state index is 12.1. The van der Waals surface area contributed by atoms with E-state index < -0.39 is 6.03 Å². The Morgan fingerprint density at radius 2 is 2.10 bits per heavy atom. The number of hydrogen-bond acceptors (Lipinski definition) is 3. The first-order chi connectivity index (χ1) is 9.60. The summed E-state index contributed by atoms with van der Waals surface area (Å²) in [4.78, 5) is 36.1. The van der Waals surface area contributed by atoms with E-state index in [9.17, 15) is 14.4 Å². The highest BCUT2D eigenvalue weighted by molar-refractivity contribution is 5.98. The van der Waals surface area contributed by atoms with Crippen molar-refractivity contribution < 1.29 is 14.4 Å². The van der Waals surface area contributed by atoms with E-state index in [1.54, 1.807) is 0 Å². The first kappa shape index (κ1) is 14.8. The summed E-state index contributed by atoms with van der Waals surface area (Å²) in [7, 11) is 0. The molecule has 2 N–H and O–H groups in total. The van der Waals surface area contributed by atoms with Gasteiger partial charge < -0.3 is 10.2 Å². The van der Waals surface area contributed by atoms with Gasteiger partial charge in [0, 0.05) is 19.0 Å². The lowest BCUT2D eigenvalue weighted by Gasteiger charge is -2.32. The van der Waals surface area contributed by atoms with Gasteiger partial charge in [0.05, 0.1) is 0 Å². The van der Waals surface area contributed by atoms with Crippen LogP contribution in [0, 0.1) is 5.92 Å². The Bertz CT molecular complexity index is 397. The Kier molecular flexibility index (Phi) is 4.98. The quantitative estimate of drug-likeness (QED) is 0.807. The van der Waals surface area contributed by atoms with E-state index in [-0.39, 0.29) is 30.8 Å². The topological polar surface area (TPSA) is 78.5 Å². The van der Waals surface area contributed by atoms with Crippen molar-refractivity contribution in [3.8, 4) is 0 Å². The minimum absolute atomic E-state index is 0.0338. The average Bonchev–Trinajstić information content (AvgIpc) is 2.42. The molecule has 20 heavy (non-hydrogen) atoms. The lowest BCUT2D eigenvalue weighted by molar-refractivity contribution is -0.125. The van der Waals surface area contributed by atoms with Crippen molar-refractivity contribution in [2.45, 2.75) is 51.5 Å². The summed E-state index contributed by atoms with van der Waals surface area (Å²) in [6.07, 6.45) is 5.92. The molecule has 1 aliphatic carbocycles. The molecule has 0 spiro atoms. The van der Waals surface area contributed by atoms with Crippen LogP contribution in [-0.2, 0) is 9.59 Å². The number of rotatable bonds is 4.